The van der Waals surface area contributed by atoms with E-state index in [0.717, 1.165) is 19.4 Å². The van der Waals surface area contributed by atoms with Crippen molar-refractivity contribution in [3.05, 3.63) is 0 Å². The van der Waals surface area contributed by atoms with E-state index in [9.17, 15) is 0 Å². The number of nitrogens with one attached hydrogen (secondary N) is 2. The predicted molar refractivity (Wildman–Crippen MR) is 77.9 cm³/mol. The van der Waals surface area contributed by atoms with Crippen molar-refractivity contribution >= 4 is 11.9 Å². The quantitative estimate of drug-likeness (QED) is 0.503. The Bertz CT molecular complexity index is 482. The topological polar surface area (TPSA) is 107 Å². The normalized spacial score (nSPS) is 24.9. The van der Waals surface area contributed by atoms with Gasteiger partial charge in [0, 0.05) is 6.61 Å². The van der Waals surface area contributed by atoms with Gasteiger partial charge in [-0.25, -0.2) is 5.84 Å². The Morgan fingerprint density at radius 3 is 2.76 bits per heavy atom. The van der Waals surface area contributed by atoms with Crippen molar-refractivity contribution in [2.75, 3.05) is 24.0 Å². The van der Waals surface area contributed by atoms with Crippen LogP contribution in [0.25, 0.3) is 0 Å². The molecule has 1 aromatic rings. The van der Waals surface area contributed by atoms with Crippen LogP contribution in [0.2, 0.25) is 0 Å². The number of aromatic nitrogens is 3. The van der Waals surface area contributed by atoms with Crippen molar-refractivity contribution in [2.24, 2.45) is 11.8 Å². The first kappa shape index (κ1) is 14.3. The van der Waals surface area contributed by atoms with Crippen LogP contribution in [0.4, 0.5) is 11.9 Å². The zero-order valence-corrected chi connectivity index (χ0v) is 12.2. The summed E-state index contributed by atoms with van der Waals surface area (Å²) in [5, 5.41) is 3.34. The molecule has 0 radical (unpaired) electrons. The van der Waals surface area contributed by atoms with E-state index in [1.807, 2.05) is 6.92 Å². The molecule has 2 unspecified atom stereocenters. The fourth-order valence-electron chi connectivity index (χ4n) is 2.56. The molecule has 1 aromatic heterocycles. The van der Waals surface area contributed by atoms with E-state index < -0.39 is 0 Å². The van der Waals surface area contributed by atoms with E-state index in [2.05, 4.69) is 25.7 Å². The molecule has 21 heavy (non-hydrogen) atoms. The Hall–Kier alpha value is -1.67. The molecule has 0 bridgehead atoms. The molecule has 2 heterocycles. The Kier molecular flexibility index (Phi) is 4.35. The number of rotatable bonds is 7. The summed E-state index contributed by atoms with van der Waals surface area (Å²) in [5.74, 6) is 6.84. The number of hydrogen-bond donors (Lipinski definition) is 3. The summed E-state index contributed by atoms with van der Waals surface area (Å²) in [6.45, 7) is 3.37. The lowest BCUT2D eigenvalue weighted by Gasteiger charge is -2.19. The second-order valence-electron chi connectivity index (χ2n) is 5.47. The fourth-order valence-corrected chi connectivity index (χ4v) is 2.56. The maximum Gasteiger partial charge on any atom is 0.323 e. The molecule has 1 saturated carbocycles. The van der Waals surface area contributed by atoms with Gasteiger partial charge in [-0.3, -0.25) is 5.43 Å². The third-order valence-electron chi connectivity index (χ3n) is 3.72. The summed E-state index contributed by atoms with van der Waals surface area (Å²) in [6.07, 6.45) is 4.61. The van der Waals surface area contributed by atoms with Gasteiger partial charge in [0.1, 0.15) is 0 Å². The van der Waals surface area contributed by atoms with Gasteiger partial charge < -0.3 is 14.8 Å². The minimum Gasteiger partial charge on any atom is -0.463 e. The van der Waals surface area contributed by atoms with Gasteiger partial charge in [0.15, 0.2) is 0 Å². The SMILES string of the molecule is CCCOc1nc(NN)nc(NC2CCOC2C2CC2)n1. The number of nitrogens with two attached hydrogens (primary N) is 1. The van der Waals surface area contributed by atoms with Gasteiger partial charge in [-0.15, -0.1) is 0 Å². The van der Waals surface area contributed by atoms with Crippen LogP contribution in [-0.4, -0.2) is 40.3 Å². The highest BCUT2D eigenvalue weighted by molar-refractivity contribution is 5.36. The van der Waals surface area contributed by atoms with Crippen LogP contribution in [0, 0.1) is 5.92 Å². The maximum absolute atomic E-state index is 5.81. The van der Waals surface area contributed by atoms with Crippen molar-refractivity contribution in [3.63, 3.8) is 0 Å². The Labute approximate surface area is 123 Å². The zero-order chi connectivity index (χ0) is 14.7. The van der Waals surface area contributed by atoms with Crippen LogP contribution >= 0.6 is 0 Å². The first-order valence-corrected chi connectivity index (χ1v) is 7.53. The molecule has 0 aromatic carbocycles. The third-order valence-corrected chi connectivity index (χ3v) is 3.72. The lowest BCUT2D eigenvalue weighted by Crippen LogP contribution is -2.32. The second kappa shape index (κ2) is 6.40. The molecule has 8 heteroatoms. The van der Waals surface area contributed by atoms with Gasteiger partial charge in [-0.2, -0.15) is 15.0 Å². The number of hydrogen-bond acceptors (Lipinski definition) is 8. The largest absolute Gasteiger partial charge is 0.463 e. The van der Waals surface area contributed by atoms with Gasteiger partial charge in [0.25, 0.3) is 0 Å². The van der Waals surface area contributed by atoms with Crippen LogP contribution < -0.4 is 21.3 Å². The highest BCUT2D eigenvalue weighted by Crippen LogP contribution is 2.39. The van der Waals surface area contributed by atoms with E-state index in [1.165, 1.54) is 12.8 Å². The summed E-state index contributed by atoms with van der Waals surface area (Å²) in [6, 6.07) is 0.522. The van der Waals surface area contributed by atoms with E-state index in [4.69, 9.17) is 15.3 Å². The molecule has 2 fully saturated rings. The van der Waals surface area contributed by atoms with Crippen molar-refractivity contribution in [1.29, 1.82) is 0 Å². The van der Waals surface area contributed by atoms with Crippen LogP contribution in [0.5, 0.6) is 6.01 Å². The molecule has 1 aliphatic carbocycles. The summed E-state index contributed by atoms with van der Waals surface area (Å²) < 4.78 is 11.3. The van der Waals surface area contributed by atoms with E-state index in [1.54, 1.807) is 0 Å². The monoisotopic (exact) mass is 294 g/mol. The molecule has 2 aliphatic rings. The van der Waals surface area contributed by atoms with Crippen molar-refractivity contribution < 1.29 is 9.47 Å². The van der Waals surface area contributed by atoms with Gasteiger partial charge in [-0.1, -0.05) is 6.92 Å². The summed E-state index contributed by atoms with van der Waals surface area (Å²) >= 11 is 0. The predicted octanol–water partition coefficient (Wildman–Crippen LogP) is 0.925. The number of anilines is 2. The third kappa shape index (κ3) is 3.51. The second-order valence-corrected chi connectivity index (χ2v) is 5.47. The van der Waals surface area contributed by atoms with Crippen LogP contribution in [-0.2, 0) is 4.74 Å². The molecule has 8 nitrogen and oxygen atoms in total. The van der Waals surface area contributed by atoms with Gasteiger partial charge in [0.05, 0.1) is 18.8 Å². The minimum atomic E-state index is 0.240. The lowest BCUT2D eigenvalue weighted by molar-refractivity contribution is 0.0897. The highest BCUT2D eigenvalue weighted by Gasteiger charge is 2.40. The van der Waals surface area contributed by atoms with E-state index in [0.29, 0.717) is 24.4 Å². The van der Waals surface area contributed by atoms with E-state index >= 15 is 0 Å². The van der Waals surface area contributed by atoms with Gasteiger partial charge in [0.2, 0.25) is 11.9 Å². The minimum absolute atomic E-state index is 0.240. The van der Waals surface area contributed by atoms with Crippen LogP contribution in [0.1, 0.15) is 32.6 Å². The molecule has 0 amide bonds. The average Bonchev–Trinajstić information content (AvgIpc) is 3.25. The number of hydrazine groups is 1. The first-order valence-electron chi connectivity index (χ1n) is 7.53. The maximum atomic E-state index is 5.81. The molecule has 0 spiro atoms. The Morgan fingerprint density at radius 2 is 2.05 bits per heavy atom. The number of nitrogen functional groups attached to an aromatic ring is 1. The van der Waals surface area contributed by atoms with Crippen molar-refractivity contribution in [1.82, 2.24) is 15.0 Å². The van der Waals surface area contributed by atoms with Crippen LogP contribution in [0.15, 0.2) is 0 Å². The van der Waals surface area contributed by atoms with E-state index in [-0.39, 0.29) is 18.2 Å². The zero-order valence-electron chi connectivity index (χ0n) is 12.2. The lowest BCUT2D eigenvalue weighted by atomic mass is 10.1. The number of nitrogens with zero attached hydrogens (tertiary/aromatic N) is 3. The standard InChI is InChI=1S/C13H22N6O2/c1-2-6-21-13-17-11(16-12(18-13)19-14)15-9-5-7-20-10(9)8-3-4-8/h8-10H,2-7,14H2,1H3,(H2,15,16,17,18,19). The first-order chi connectivity index (χ1) is 10.3. The van der Waals surface area contributed by atoms with Crippen molar-refractivity contribution in [2.45, 2.75) is 44.8 Å². The summed E-state index contributed by atoms with van der Waals surface area (Å²) in [7, 11) is 0. The average molecular weight is 294 g/mol. The highest BCUT2D eigenvalue weighted by atomic mass is 16.5. The summed E-state index contributed by atoms with van der Waals surface area (Å²) in [5.41, 5.74) is 2.44. The molecule has 2 atom stereocenters. The summed E-state index contributed by atoms with van der Waals surface area (Å²) in [4.78, 5) is 12.6. The van der Waals surface area contributed by atoms with Gasteiger partial charge >= 0.3 is 6.01 Å². The van der Waals surface area contributed by atoms with Gasteiger partial charge in [-0.05, 0) is 31.6 Å². The molecule has 4 N–H and O–H groups in total. The molecule has 3 rings (SSSR count). The number of ether oxygens (including phenoxy) is 2. The van der Waals surface area contributed by atoms with Crippen LogP contribution in [0.3, 0.4) is 0 Å². The molecular formula is C13H22N6O2. The smallest absolute Gasteiger partial charge is 0.323 e. The Balaban J connectivity index is 1.70. The molecule has 116 valence electrons. The fraction of sp³-hybridized carbons (Fsp3) is 0.769. The molecule has 1 aliphatic heterocycles. The molecule has 1 saturated heterocycles. The Morgan fingerprint density at radius 1 is 1.24 bits per heavy atom. The molecular weight excluding hydrogens is 272 g/mol. The van der Waals surface area contributed by atoms with Crippen molar-refractivity contribution in [3.8, 4) is 6.01 Å².